The Bertz CT molecular complexity index is 759. The number of rotatable bonds is 3. The number of nitrogens with zero attached hydrogens (tertiary/aromatic N) is 2. The predicted molar refractivity (Wildman–Crippen MR) is 107 cm³/mol. The van der Waals surface area contributed by atoms with Gasteiger partial charge in [0.15, 0.2) is 0 Å². The lowest BCUT2D eigenvalue weighted by molar-refractivity contribution is 0.0702. The number of carbonyl (C=O) groups excluding carboxylic acids is 1. The molecule has 6 heteroatoms. The van der Waals surface area contributed by atoms with Crippen molar-refractivity contribution in [1.82, 2.24) is 15.2 Å². The molecule has 25 heavy (non-hydrogen) atoms. The number of likely N-dealkylation sites (N-methyl/N-ethyl adjacent to an activating group) is 1. The van der Waals surface area contributed by atoms with Crippen molar-refractivity contribution in [3.63, 3.8) is 0 Å². The zero-order valence-corrected chi connectivity index (χ0v) is 16.9. The third-order valence-corrected chi connectivity index (χ3v) is 5.90. The molecule has 2 aromatic rings. The molecule has 4 nitrogen and oxygen atoms in total. The van der Waals surface area contributed by atoms with Crippen LogP contribution in [0.4, 0.5) is 0 Å². The van der Waals surface area contributed by atoms with Gasteiger partial charge in [-0.15, -0.1) is 23.7 Å². The van der Waals surface area contributed by atoms with E-state index >= 15 is 0 Å². The van der Waals surface area contributed by atoms with Crippen LogP contribution >= 0.6 is 23.7 Å². The van der Waals surface area contributed by atoms with Gasteiger partial charge in [-0.3, -0.25) is 4.79 Å². The van der Waals surface area contributed by atoms with Gasteiger partial charge in [0, 0.05) is 24.7 Å². The third kappa shape index (κ3) is 4.22. The Kier molecular flexibility index (Phi) is 6.60. The monoisotopic (exact) mass is 379 g/mol. The summed E-state index contributed by atoms with van der Waals surface area (Å²) in [5, 5.41) is 4.23. The van der Waals surface area contributed by atoms with Gasteiger partial charge in [-0.1, -0.05) is 23.8 Å². The highest BCUT2D eigenvalue weighted by Gasteiger charge is 2.26. The van der Waals surface area contributed by atoms with Crippen LogP contribution < -0.4 is 5.32 Å². The Labute approximate surface area is 160 Å². The van der Waals surface area contributed by atoms with E-state index in [-0.39, 0.29) is 18.3 Å². The van der Waals surface area contributed by atoms with Crippen LogP contribution in [0.3, 0.4) is 0 Å². The number of halogens is 1. The first-order valence-electron chi connectivity index (χ1n) is 8.51. The molecule has 0 saturated carbocycles. The zero-order chi connectivity index (χ0) is 17.3. The number of amides is 1. The highest BCUT2D eigenvalue weighted by atomic mass is 35.5. The van der Waals surface area contributed by atoms with Crippen LogP contribution in [0.2, 0.25) is 0 Å². The molecule has 1 aromatic carbocycles. The molecule has 1 atom stereocenters. The van der Waals surface area contributed by atoms with Gasteiger partial charge >= 0.3 is 0 Å². The number of aryl methyl sites for hydroxylation is 3. The number of thiazole rings is 1. The summed E-state index contributed by atoms with van der Waals surface area (Å²) in [5.41, 5.74) is 4.41. The summed E-state index contributed by atoms with van der Waals surface area (Å²) in [6.45, 7) is 7.76. The maximum atomic E-state index is 12.9. The topological polar surface area (TPSA) is 45.2 Å². The highest BCUT2D eigenvalue weighted by Crippen LogP contribution is 2.31. The number of carbonyl (C=O) groups is 1. The molecule has 136 valence electrons. The van der Waals surface area contributed by atoms with Gasteiger partial charge < -0.3 is 10.2 Å². The Hall–Kier alpha value is -1.43. The summed E-state index contributed by atoms with van der Waals surface area (Å²) >= 11 is 1.52. The average molecular weight is 380 g/mol. The Morgan fingerprint density at radius 1 is 1.32 bits per heavy atom. The molecule has 1 saturated heterocycles. The van der Waals surface area contributed by atoms with Crippen molar-refractivity contribution in [2.24, 2.45) is 0 Å². The molecule has 0 spiro atoms. The molecule has 1 unspecified atom stereocenters. The van der Waals surface area contributed by atoms with E-state index in [4.69, 9.17) is 0 Å². The zero-order valence-electron chi connectivity index (χ0n) is 15.3. The van der Waals surface area contributed by atoms with Gasteiger partial charge in [-0.2, -0.15) is 0 Å². The van der Waals surface area contributed by atoms with Crippen molar-refractivity contribution in [3.05, 3.63) is 39.9 Å². The van der Waals surface area contributed by atoms with E-state index in [1.807, 2.05) is 18.9 Å². The SMILES string of the molecule is CNC1CCCN(C(=O)c2sc(-c3ccc(C)cc3C)nc2C)C1.Cl. The lowest BCUT2D eigenvalue weighted by Gasteiger charge is -2.32. The van der Waals surface area contributed by atoms with Crippen LogP contribution in [0.25, 0.3) is 10.6 Å². The van der Waals surface area contributed by atoms with Crippen LogP contribution in [0.5, 0.6) is 0 Å². The molecule has 0 aliphatic carbocycles. The molecule has 3 rings (SSSR count). The maximum Gasteiger partial charge on any atom is 0.265 e. The molecular formula is C19H26ClN3OS. The van der Waals surface area contributed by atoms with E-state index in [9.17, 15) is 4.79 Å². The van der Waals surface area contributed by atoms with E-state index in [1.54, 1.807) is 0 Å². The predicted octanol–water partition coefficient (Wildman–Crippen LogP) is 3.98. The molecule has 0 bridgehead atoms. The van der Waals surface area contributed by atoms with Gasteiger partial charge in [0.1, 0.15) is 9.88 Å². The maximum absolute atomic E-state index is 12.9. The number of hydrogen-bond donors (Lipinski definition) is 1. The summed E-state index contributed by atoms with van der Waals surface area (Å²) in [4.78, 5) is 20.4. The number of nitrogens with one attached hydrogen (secondary N) is 1. The Morgan fingerprint density at radius 3 is 2.76 bits per heavy atom. The molecule has 1 aliphatic heterocycles. The highest BCUT2D eigenvalue weighted by molar-refractivity contribution is 7.17. The second-order valence-electron chi connectivity index (χ2n) is 6.63. The molecule has 2 heterocycles. The minimum Gasteiger partial charge on any atom is -0.336 e. The minimum atomic E-state index is 0. The number of aromatic nitrogens is 1. The van der Waals surface area contributed by atoms with Crippen molar-refractivity contribution >= 4 is 29.7 Å². The second-order valence-corrected chi connectivity index (χ2v) is 7.63. The lowest BCUT2D eigenvalue weighted by Crippen LogP contribution is -2.46. The van der Waals surface area contributed by atoms with Crippen molar-refractivity contribution in [2.45, 2.75) is 39.7 Å². The van der Waals surface area contributed by atoms with Crippen LogP contribution in [0.1, 0.15) is 39.3 Å². The normalized spacial score (nSPS) is 17.3. The number of hydrogen-bond acceptors (Lipinski definition) is 4. The third-order valence-electron chi connectivity index (χ3n) is 4.72. The summed E-state index contributed by atoms with van der Waals surface area (Å²) < 4.78 is 0. The van der Waals surface area contributed by atoms with Crippen molar-refractivity contribution < 1.29 is 4.79 Å². The average Bonchev–Trinajstić information content (AvgIpc) is 2.95. The quantitative estimate of drug-likeness (QED) is 0.877. The van der Waals surface area contributed by atoms with Crippen LogP contribution in [-0.2, 0) is 0 Å². The lowest BCUT2D eigenvalue weighted by atomic mass is 10.1. The van der Waals surface area contributed by atoms with E-state index in [1.165, 1.54) is 22.5 Å². The number of benzene rings is 1. The molecular weight excluding hydrogens is 354 g/mol. The van der Waals surface area contributed by atoms with Gasteiger partial charge in [-0.05, 0) is 46.2 Å². The fraction of sp³-hybridized carbons (Fsp3) is 0.474. The first-order valence-corrected chi connectivity index (χ1v) is 9.33. The minimum absolute atomic E-state index is 0. The standard InChI is InChI=1S/C19H25N3OS.ClH/c1-12-7-8-16(13(2)10-12)18-21-14(3)17(24-18)19(23)22-9-5-6-15(11-22)20-4;/h7-8,10,15,20H,5-6,9,11H2,1-4H3;1H. The molecule has 1 aliphatic rings. The second kappa shape index (κ2) is 8.30. The van der Waals surface area contributed by atoms with E-state index < -0.39 is 0 Å². The first-order chi connectivity index (χ1) is 11.5. The summed E-state index contributed by atoms with van der Waals surface area (Å²) in [5.74, 6) is 0.126. The van der Waals surface area contributed by atoms with Gasteiger partial charge in [0.2, 0.25) is 0 Å². The van der Waals surface area contributed by atoms with Gasteiger partial charge in [0.05, 0.1) is 5.69 Å². The number of piperidine rings is 1. The van der Waals surface area contributed by atoms with Crippen molar-refractivity contribution in [1.29, 1.82) is 0 Å². The molecule has 1 fully saturated rings. The van der Waals surface area contributed by atoms with Gasteiger partial charge in [0.25, 0.3) is 5.91 Å². The molecule has 1 amide bonds. The van der Waals surface area contributed by atoms with E-state index in [0.29, 0.717) is 6.04 Å². The number of likely N-dealkylation sites (tertiary alicyclic amines) is 1. The van der Waals surface area contributed by atoms with E-state index in [2.05, 4.69) is 42.3 Å². The summed E-state index contributed by atoms with van der Waals surface area (Å²) in [6.07, 6.45) is 2.19. The summed E-state index contributed by atoms with van der Waals surface area (Å²) in [6, 6.07) is 6.77. The van der Waals surface area contributed by atoms with Crippen LogP contribution in [-0.4, -0.2) is 42.0 Å². The fourth-order valence-electron chi connectivity index (χ4n) is 3.30. The Morgan fingerprint density at radius 2 is 2.08 bits per heavy atom. The smallest absolute Gasteiger partial charge is 0.265 e. The van der Waals surface area contributed by atoms with Crippen molar-refractivity contribution in [2.75, 3.05) is 20.1 Å². The Balaban J connectivity index is 0.00000225. The van der Waals surface area contributed by atoms with E-state index in [0.717, 1.165) is 47.1 Å². The molecule has 0 radical (unpaired) electrons. The first kappa shape index (κ1) is 19.9. The van der Waals surface area contributed by atoms with Crippen LogP contribution in [0, 0.1) is 20.8 Å². The molecule has 1 N–H and O–H groups in total. The van der Waals surface area contributed by atoms with Gasteiger partial charge in [-0.25, -0.2) is 4.98 Å². The van der Waals surface area contributed by atoms with Crippen molar-refractivity contribution in [3.8, 4) is 10.6 Å². The molecule has 1 aromatic heterocycles. The summed E-state index contributed by atoms with van der Waals surface area (Å²) in [7, 11) is 1.97. The largest absolute Gasteiger partial charge is 0.336 e. The van der Waals surface area contributed by atoms with Crippen LogP contribution in [0.15, 0.2) is 18.2 Å². The fourth-order valence-corrected chi connectivity index (χ4v) is 4.43.